The Morgan fingerprint density at radius 3 is 2.33 bits per heavy atom. The van der Waals surface area contributed by atoms with Gasteiger partial charge in [0.05, 0.1) is 6.42 Å². The molecular weight excluding hydrogens is 278 g/mol. The lowest BCUT2D eigenvalue weighted by atomic mass is 10.0. The first-order chi connectivity index (χ1) is 9.77. The van der Waals surface area contributed by atoms with Gasteiger partial charge in [-0.05, 0) is 12.3 Å². The molecule has 1 unspecified atom stereocenters. The van der Waals surface area contributed by atoms with Gasteiger partial charge in [0.1, 0.15) is 17.7 Å². The summed E-state index contributed by atoms with van der Waals surface area (Å²) in [5, 5.41) is 31.1. The summed E-state index contributed by atoms with van der Waals surface area (Å²) in [6.45, 7) is 3.60. The molecule has 0 saturated carbocycles. The standard InChI is InChI=1S/C13H19N3O5/c1-8(2)5-10(13(20)21)16-7-9(6-14)12(19)15-4-3-11(17)18/h7-8,10,16H,3-5H2,1-2H3,(H,15,19)(H,17,18)(H,20,21)/b9-7-. The number of amides is 1. The fourth-order valence-electron chi connectivity index (χ4n) is 1.42. The van der Waals surface area contributed by atoms with Gasteiger partial charge in [-0.15, -0.1) is 0 Å². The summed E-state index contributed by atoms with van der Waals surface area (Å²) in [5.74, 6) is -2.77. The molecule has 0 aliphatic rings. The van der Waals surface area contributed by atoms with Crippen molar-refractivity contribution in [3.8, 4) is 6.07 Å². The van der Waals surface area contributed by atoms with E-state index in [2.05, 4.69) is 10.6 Å². The van der Waals surface area contributed by atoms with Gasteiger partial charge in [-0.25, -0.2) is 4.79 Å². The molecule has 8 heteroatoms. The smallest absolute Gasteiger partial charge is 0.326 e. The van der Waals surface area contributed by atoms with Gasteiger partial charge in [-0.1, -0.05) is 13.8 Å². The second kappa shape index (κ2) is 9.36. The Hall–Kier alpha value is -2.56. The van der Waals surface area contributed by atoms with Crippen molar-refractivity contribution in [1.29, 1.82) is 5.26 Å². The first kappa shape index (κ1) is 18.4. The number of carboxylic acids is 2. The van der Waals surface area contributed by atoms with Crippen molar-refractivity contribution in [2.24, 2.45) is 5.92 Å². The summed E-state index contributed by atoms with van der Waals surface area (Å²) in [6, 6.07) is 0.731. The zero-order valence-corrected chi connectivity index (χ0v) is 11.9. The van der Waals surface area contributed by atoms with Gasteiger partial charge < -0.3 is 20.8 Å². The van der Waals surface area contributed by atoms with Gasteiger partial charge in [-0.2, -0.15) is 5.26 Å². The molecule has 116 valence electrons. The van der Waals surface area contributed by atoms with Crippen LogP contribution in [0.15, 0.2) is 11.8 Å². The normalized spacial score (nSPS) is 12.4. The molecule has 0 aromatic heterocycles. The van der Waals surface area contributed by atoms with Crippen LogP contribution < -0.4 is 10.6 Å². The summed E-state index contributed by atoms with van der Waals surface area (Å²) in [6.07, 6.45) is 1.12. The number of carbonyl (C=O) groups is 3. The molecule has 0 bridgehead atoms. The van der Waals surface area contributed by atoms with Crippen molar-refractivity contribution in [1.82, 2.24) is 10.6 Å². The number of rotatable bonds is 9. The molecule has 0 spiro atoms. The molecule has 8 nitrogen and oxygen atoms in total. The molecule has 0 rings (SSSR count). The number of nitrogens with zero attached hydrogens (tertiary/aromatic N) is 1. The molecule has 0 radical (unpaired) electrons. The molecule has 4 N–H and O–H groups in total. The minimum Gasteiger partial charge on any atom is -0.481 e. The van der Waals surface area contributed by atoms with E-state index >= 15 is 0 Å². The zero-order chi connectivity index (χ0) is 16.4. The van der Waals surface area contributed by atoms with Crippen LogP contribution in [0.5, 0.6) is 0 Å². The summed E-state index contributed by atoms with van der Waals surface area (Å²) >= 11 is 0. The van der Waals surface area contributed by atoms with Crippen LogP contribution in [0.4, 0.5) is 0 Å². The summed E-state index contributed by atoms with van der Waals surface area (Å²) in [5.41, 5.74) is -0.310. The van der Waals surface area contributed by atoms with Crippen LogP contribution in [0.25, 0.3) is 0 Å². The molecular formula is C13H19N3O5. The Kier molecular flexibility index (Phi) is 8.22. The average molecular weight is 297 g/mol. The van der Waals surface area contributed by atoms with Crippen LogP contribution in [0.1, 0.15) is 26.7 Å². The van der Waals surface area contributed by atoms with Crippen molar-refractivity contribution in [2.45, 2.75) is 32.7 Å². The van der Waals surface area contributed by atoms with Gasteiger partial charge in [-0.3, -0.25) is 9.59 Å². The number of carboxylic acid groups (broad SMARTS) is 2. The second-order valence-electron chi connectivity index (χ2n) is 4.76. The van der Waals surface area contributed by atoms with Crippen molar-refractivity contribution < 1.29 is 24.6 Å². The van der Waals surface area contributed by atoms with Crippen molar-refractivity contribution in [2.75, 3.05) is 6.54 Å². The lowest BCUT2D eigenvalue weighted by Crippen LogP contribution is -2.35. The molecule has 1 atom stereocenters. The Morgan fingerprint density at radius 2 is 1.90 bits per heavy atom. The first-order valence-corrected chi connectivity index (χ1v) is 6.37. The molecule has 21 heavy (non-hydrogen) atoms. The third kappa shape index (κ3) is 8.26. The van der Waals surface area contributed by atoms with Crippen LogP contribution in [0.3, 0.4) is 0 Å². The molecule has 1 amide bonds. The van der Waals surface area contributed by atoms with Gasteiger partial charge in [0.25, 0.3) is 5.91 Å². The van der Waals surface area contributed by atoms with Gasteiger partial charge >= 0.3 is 11.9 Å². The Labute approximate surface area is 122 Å². The van der Waals surface area contributed by atoms with E-state index in [-0.39, 0.29) is 24.5 Å². The highest BCUT2D eigenvalue weighted by Gasteiger charge is 2.18. The van der Waals surface area contributed by atoms with E-state index in [0.29, 0.717) is 6.42 Å². The third-order valence-corrected chi connectivity index (χ3v) is 2.42. The fourth-order valence-corrected chi connectivity index (χ4v) is 1.42. The summed E-state index contributed by atoms with van der Waals surface area (Å²) < 4.78 is 0. The molecule has 0 heterocycles. The van der Waals surface area contributed by atoms with Crippen LogP contribution in [0, 0.1) is 17.2 Å². The topological polar surface area (TPSA) is 140 Å². The molecule has 0 fully saturated rings. The zero-order valence-electron chi connectivity index (χ0n) is 11.9. The predicted octanol–water partition coefficient (Wildman–Crippen LogP) is 0.0737. The summed E-state index contributed by atoms with van der Waals surface area (Å²) in [4.78, 5) is 32.9. The number of hydrogen-bond acceptors (Lipinski definition) is 5. The maximum absolute atomic E-state index is 11.6. The lowest BCUT2D eigenvalue weighted by molar-refractivity contribution is -0.140. The Morgan fingerprint density at radius 1 is 1.29 bits per heavy atom. The molecule has 0 aromatic rings. The number of nitriles is 1. The average Bonchev–Trinajstić information content (AvgIpc) is 2.36. The second-order valence-corrected chi connectivity index (χ2v) is 4.76. The van der Waals surface area contributed by atoms with Crippen molar-refractivity contribution in [3.05, 3.63) is 11.8 Å². The Bertz CT molecular complexity index is 465. The number of carbonyl (C=O) groups excluding carboxylic acids is 1. The van der Waals surface area contributed by atoms with Gasteiger partial charge in [0.15, 0.2) is 0 Å². The Balaban J connectivity index is 4.62. The van der Waals surface area contributed by atoms with Crippen LogP contribution >= 0.6 is 0 Å². The van der Waals surface area contributed by atoms with E-state index in [1.807, 2.05) is 13.8 Å². The highest BCUT2D eigenvalue weighted by atomic mass is 16.4. The van der Waals surface area contributed by atoms with E-state index in [1.54, 1.807) is 6.07 Å². The highest BCUT2D eigenvalue weighted by Crippen LogP contribution is 2.05. The van der Waals surface area contributed by atoms with E-state index in [1.165, 1.54) is 0 Å². The summed E-state index contributed by atoms with van der Waals surface area (Å²) in [7, 11) is 0. The molecule has 0 aliphatic heterocycles. The number of hydrogen-bond donors (Lipinski definition) is 4. The minimum absolute atomic E-state index is 0.110. The van der Waals surface area contributed by atoms with E-state index in [4.69, 9.17) is 15.5 Å². The molecule has 0 saturated heterocycles. The van der Waals surface area contributed by atoms with E-state index in [9.17, 15) is 14.4 Å². The van der Waals surface area contributed by atoms with E-state index < -0.39 is 23.9 Å². The maximum atomic E-state index is 11.6. The van der Waals surface area contributed by atoms with Crippen LogP contribution in [-0.4, -0.2) is 40.6 Å². The predicted molar refractivity (Wildman–Crippen MR) is 73.0 cm³/mol. The fraction of sp³-hybridized carbons (Fsp3) is 0.538. The highest BCUT2D eigenvalue weighted by molar-refractivity contribution is 5.97. The van der Waals surface area contributed by atoms with Gasteiger partial charge in [0, 0.05) is 12.7 Å². The number of nitrogens with one attached hydrogen (secondary N) is 2. The monoisotopic (exact) mass is 297 g/mol. The maximum Gasteiger partial charge on any atom is 0.326 e. The lowest BCUT2D eigenvalue weighted by Gasteiger charge is -2.15. The quantitative estimate of drug-likeness (QED) is 0.349. The molecule has 0 aromatic carbocycles. The van der Waals surface area contributed by atoms with Crippen LogP contribution in [-0.2, 0) is 14.4 Å². The van der Waals surface area contributed by atoms with Gasteiger partial charge in [0.2, 0.25) is 0 Å². The van der Waals surface area contributed by atoms with Crippen LogP contribution in [0.2, 0.25) is 0 Å². The third-order valence-electron chi connectivity index (χ3n) is 2.42. The number of aliphatic carboxylic acids is 2. The first-order valence-electron chi connectivity index (χ1n) is 6.37. The van der Waals surface area contributed by atoms with E-state index in [0.717, 1.165) is 6.20 Å². The SMILES string of the molecule is CC(C)CC(N/C=C(/C#N)C(=O)NCCC(=O)O)C(=O)O. The van der Waals surface area contributed by atoms with Crippen molar-refractivity contribution >= 4 is 17.8 Å². The largest absolute Gasteiger partial charge is 0.481 e. The molecule has 0 aliphatic carbocycles. The minimum atomic E-state index is -1.08. The van der Waals surface area contributed by atoms with Crippen molar-refractivity contribution in [3.63, 3.8) is 0 Å².